The molecule has 0 fully saturated rings. The monoisotopic (exact) mass is 167 g/mol. The predicted octanol–water partition coefficient (Wildman–Crippen LogP) is 3.42. The third-order valence-corrected chi connectivity index (χ3v) is 2.82. The molecule has 1 radical (unpaired) electrons. The van der Waals surface area contributed by atoms with Gasteiger partial charge in [0, 0.05) is 5.80 Å². The largest absolute Gasteiger partial charge is 0.131 e. The highest BCUT2D eigenvalue weighted by Gasteiger charge is 2.00. The van der Waals surface area contributed by atoms with Gasteiger partial charge in [-0.25, -0.2) is 0 Å². The van der Waals surface area contributed by atoms with Gasteiger partial charge in [0.1, 0.15) is 0 Å². The molecule has 1 heterocycles. The maximum Gasteiger partial charge on any atom is 0.00565 e. The quantitative estimate of drug-likeness (QED) is 0.644. The van der Waals surface area contributed by atoms with Crippen LogP contribution in [0.25, 0.3) is 0 Å². The standard InChI is InChI=1S/C10H16P/c1-3-5-9-7-11-8-10(9)6-4-2/h7,11H,3-6H2,1-2H3. The Kier molecular flexibility index (Phi) is 3.72. The van der Waals surface area contributed by atoms with Gasteiger partial charge in [0.15, 0.2) is 0 Å². The molecule has 0 N–H and O–H groups in total. The molecular formula is C10H16P. The Morgan fingerprint density at radius 1 is 1.27 bits per heavy atom. The van der Waals surface area contributed by atoms with Crippen LogP contribution in [0.1, 0.15) is 37.8 Å². The Balaban J connectivity index is 2.62. The summed E-state index contributed by atoms with van der Waals surface area (Å²) in [5, 5.41) is 0. The van der Waals surface area contributed by atoms with Crippen molar-refractivity contribution < 1.29 is 0 Å². The van der Waals surface area contributed by atoms with Gasteiger partial charge < -0.3 is 0 Å². The summed E-state index contributed by atoms with van der Waals surface area (Å²) in [6.45, 7) is 4.48. The Labute approximate surface area is 71.1 Å². The minimum absolute atomic E-state index is 0.840. The molecule has 0 aromatic carbocycles. The second-order valence-corrected chi connectivity index (χ2v) is 3.74. The van der Waals surface area contributed by atoms with E-state index in [9.17, 15) is 0 Å². The molecule has 0 saturated heterocycles. The van der Waals surface area contributed by atoms with Crippen LogP contribution in [0.15, 0.2) is 5.80 Å². The first-order valence-electron chi connectivity index (χ1n) is 4.45. The fraction of sp³-hybridized carbons (Fsp3) is 0.600. The van der Waals surface area contributed by atoms with E-state index >= 15 is 0 Å². The van der Waals surface area contributed by atoms with Crippen LogP contribution in [-0.4, -0.2) is 0 Å². The lowest BCUT2D eigenvalue weighted by atomic mass is 10.1. The second-order valence-electron chi connectivity index (χ2n) is 2.92. The molecule has 0 aliphatic rings. The van der Waals surface area contributed by atoms with Crippen LogP contribution < -0.4 is 0 Å². The zero-order chi connectivity index (χ0) is 8.10. The van der Waals surface area contributed by atoms with Crippen molar-refractivity contribution in [3.05, 3.63) is 22.7 Å². The molecule has 0 aliphatic heterocycles. The fourth-order valence-corrected chi connectivity index (χ4v) is 2.37. The third kappa shape index (κ3) is 2.38. The Bertz CT molecular complexity index is 180. The van der Waals surface area contributed by atoms with E-state index in [1.54, 1.807) is 5.56 Å². The molecule has 11 heavy (non-hydrogen) atoms. The van der Waals surface area contributed by atoms with Gasteiger partial charge in [0.25, 0.3) is 0 Å². The highest BCUT2D eigenvalue weighted by molar-refractivity contribution is 7.28. The normalized spacial score (nSPS) is 10.4. The molecule has 0 nitrogen and oxygen atoms in total. The molecule has 1 unspecified atom stereocenters. The summed E-state index contributed by atoms with van der Waals surface area (Å²) in [4.78, 5) is 0. The van der Waals surface area contributed by atoms with Crippen LogP contribution in [0, 0.1) is 5.80 Å². The van der Waals surface area contributed by atoms with E-state index in [4.69, 9.17) is 0 Å². The van der Waals surface area contributed by atoms with Crippen molar-refractivity contribution in [2.45, 2.75) is 39.5 Å². The van der Waals surface area contributed by atoms with Gasteiger partial charge in [-0.2, -0.15) is 0 Å². The number of hydrogen-bond acceptors (Lipinski definition) is 0. The summed E-state index contributed by atoms with van der Waals surface area (Å²) in [5.74, 6) is 5.80. The van der Waals surface area contributed by atoms with Gasteiger partial charge in [-0.15, -0.1) is 8.19 Å². The summed E-state index contributed by atoms with van der Waals surface area (Å²) in [6, 6.07) is 0. The first kappa shape index (κ1) is 8.87. The van der Waals surface area contributed by atoms with Crippen LogP contribution >= 0.6 is 8.19 Å². The molecule has 0 bridgehead atoms. The van der Waals surface area contributed by atoms with Crippen molar-refractivity contribution >= 4 is 8.19 Å². The fourth-order valence-electron chi connectivity index (χ4n) is 1.34. The average Bonchev–Trinajstić information content (AvgIpc) is 2.39. The van der Waals surface area contributed by atoms with Gasteiger partial charge >= 0.3 is 0 Å². The molecule has 61 valence electrons. The molecule has 1 heteroatoms. The molecule has 0 aliphatic carbocycles. The summed E-state index contributed by atoms with van der Waals surface area (Å²) < 4.78 is 0. The SMILES string of the molecule is CCCc1[c][pH]cc1CCC. The second kappa shape index (κ2) is 4.62. The first-order valence-corrected chi connectivity index (χ1v) is 5.53. The van der Waals surface area contributed by atoms with E-state index in [2.05, 4.69) is 25.4 Å². The lowest BCUT2D eigenvalue weighted by Gasteiger charge is -1.99. The van der Waals surface area contributed by atoms with E-state index in [-0.39, 0.29) is 0 Å². The van der Waals surface area contributed by atoms with E-state index in [0.29, 0.717) is 0 Å². The van der Waals surface area contributed by atoms with Crippen LogP contribution in [-0.2, 0) is 12.8 Å². The Morgan fingerprint density at radius 2 is 2.00 bits per heavy atom. The smallest absolute Gasteiger partial charge is 0.00565 e. The zero-order valence-electron chi connectivity index (χ0n) is 7.41. The van der Waals surface area contributed by atoms with Crippen molar-refractivity contribution in [3.8, 4) is 0 Å². The lowest BCUT2D eigenvalue weighted by molar-refractivity contribution is 0.868. The minimum Gasteiger partial charge on any atom is -0.131 e. The van der Waals surface area contributed by atoms with Crippen molar-refractivity contribution in [1.82, 2.24) is 0 Å². The first-order chi connectivity index (χ1) is 5.38. The van der Waals surface area contributed by atoms with Gasteiger partial charge in [0.05, 0.1) is 0 Å². The predicted molar refractivity (Wildman–Crippen MR) is 52.8 cm³/mol. The summed E-state index contributed by atoms with van der Waals surface area (Å²) >= 11 is 0. The highest BCUT2D eigenvalue weighted by Crippen LogP contribution is 2.20. The topological polar surface area (TPSA) is 0 Å². The maximum atomic E-state index is 3.44. The Hall–Kier alpha value is -0.220. The average molecular weight is 167 g/mol. The number of hydrogen-bond donors (Lipinski definition) is 0. The molecule has 1 aromatic rings. The van der Waals surface area contributed by atoms with Crippen molar-refractivity contribution in [1.29, 1.82) is 0 Å². The maximum absolute atomic E-state index is 3.44. The molecule has 0 saturated carbocycles. The highest BCUT2D eigenvalue weighted by atomic mass is 31.0. The van der Waals surface area contributed by atoms with Gasteiger partial charge in [-0.1, -0.05) is 26.7 Å². The van der Waals surface area contributed by atoms with Crippen molar-refractivity contribution in [2.24, 2.45) is 0 Å². The molecule has 1 atom stereocenters. The lowest BCUT2D eigenvalue weighted by Crippen LogP contribution is -1.87. The van der Waals surface area contributed by atoms with Crippen LogP contribution in [0.5, 0.6) is 0 Å². The van der Waals surface area contributed by atoms with Gasteiger partial charge in [-0.3, -0.25) is 0 Å². The van der Waals surface area contributed by atoms with Crippen LogP contribution in [0.2, 0.25) is 0 Å². The van der Waals surface area contributed by atoms with Gasteiger partial charge in [0.2, 0.25) is 0 Å². The van der Waals surface area contributed by atoms with Crippen LogP contribution in [0.3, 0.4) is 0 Å². The Morgan fingerprint density at radius 3 is 2.64 bits per heavy atom. The summed E-state index contributed by atoms with van der Waals surface area (Å²) in [7, 11) is 0.840. The molecule has 0 amide bonds. The molecule has 1 rings (SSSR count). The van der Waals surface area contributed by atoms with Crippen molar-refractivity contribution in [3.63, 3.8) is 0 Å². The van der Waals surface area contributed by atoms with Crippen LogP contribution in [0.4, 0.5) is 0 Å². The van der Waals surface area contributed by atoms with E-state index < -0.39 is 0 Å². The molecular weight excluding hydrogens is 151 g/mol. The van der Waals surface area contributed by atoms with E-state index in [1.807, 2.05) is 0 Å². The number of aryl methyl sites for hydroxylation is 2. The summed E-state index contributed by atoms with van der Waals surface area (Å²) in [5.41, 5.74) is 3.08. The van der Waals surface area contributed by atoms with Crippen molar-refractivity contribution in [2.75, 3.05) is 0 Å². The minimum atomic E-state index is 0.840. The number of rotatable bonds is 4. The zero-order valence-corrected chi connectivity index (χ0v) is 8.41. The molecule has 1 aromatic heterocycles. The van der Waals surface area contributed by atoms with E-state index in [1.165, 1.54) is 31.2 Å². The third-order valence-electron chi connectivity index (χ3n) is 1.88. The van der Waals surface area contributed by atoms with E-state index in [0.717, 1.165) is 8.19 Å². The summed E-state index contributed by atoms with van der Waals surface area (Å²) in [6.07, 6.45) is 5.02. The van der Waals surface area contributed by atoms with Gasteiger partial charge in [-0.05, 0) is 29.8 Å². The molecule has 0 spiro atoms.